The van der Waals surface area contributed by atoms with Crippen LogP contribution in [0.3, 0.4) is 0 Å². The van der Waals surface area contributed by atoms with Gasteiger partial charge in [0.1, 0.15) is 12.6 Å². The first-order valence-corrected chi connectivity index (χ1v) is 22.0. The van der Waals surface area contributed by atoms with Gasteiger partial charge in [-0.25, -0.2) is 0 Å². The molecule has 0 radical (unpaired) electrons. The Hall–Kier alpha value is -3.23. The largest absolute Gasteiger partial charge is 0.544 e. The molecule has 0 saturated carbocycles. The smallest absolute Gasteiger partial charge is 0.306 e. The second-order valence-electron chi connectivity index (χ2n) is 15.5. The van der Waals surface area contributed by atoms with Crippen LogP contribution < -0.4 is 5.11 Å². The quantitative estimate of drug-likeness (QED) is 0.0266. The molecule has 8 nitrogen and oxygen atoms in total. The number of hydrogen-bond donors (Lipinski definition) is 0. The highest BCUT2D eigenvalue weighted by Crippen LogP contribution is 2.12. The highest BCUT2D eigenvalue weighted by molar-refractivity contribution is 5.70. The van der Waals surface area contributed by atoms with Gasteiger partial charge in [0, 0.05) is 19.3 Å². The van der Waals surface area contributed by atoms with Crippen LogP contribution >= 0.6 is 0 Å². The van der Waals surface area contributed by atoms with Gasteiger partial charge >= 0.3 is 11.9 Å². The Kier molecular flexibility index (Phi) is 36.4. The van der Waals surface area contributed by atoms with E-state index in [-0.39, 0.29) is 49.1 Å². The summed E-state index contributed by atoms with van der Waals surface area (Å²) < 4.78 is 17.1. The molecule has 0 amide bonds. The van der Waals surface area contributed by atoms with Gasteiger partial charge in [0.2, 0.25) is 0 Å². The molecule has 0 fully saturated rings. The number of carboxylic acids is 1. The fourth-order valence-corrected chi connectivity index (χ4v) is 5.91. The van der Waals surface area contributed by atoms with Gasteiger partial charge in [-0.3, -0.25) is 9.59 Å². The summed E-state index contributed by atoms with van der Waals surface area (Å²) in [7, 11) is 5.38. The van der Waals surface area contributed by atoms with Gasteiger partial charge < -0.3 is 28.6 Å². The van der Waals surface area contributed by atoms with Crippen molar-refractivity contribution in [2.24, 2.45) is 0 Å². The summed E-state index contributed by atoms with van der Waals surface area (Å²) in [6.45, 7) is 4.47. The predicted octanol–water partition coefficient (Wildman–Crippen LogP) is 10.6. The number of unbranched alkanes of at least 4 members (excludes halogenated alkanes) is 12. The lowest BCUT2D eigenvalue weighted by molar-refractivity contribution is -0.889. The number of aliphatic carboxylic acids is 1. The molecule has 0 aromatic heterocycles. The molecule has 2 unspecified atom stereocenters. The van der Waals surface area contributed by atoms with Crippen LogP contribution in [0, 0.1) is 0 Å². The fraction of sp³-hybridized carbons (Fsp3) is 0.688. The van der Waals surface area contributed by atoms with E-state index in [0.717, 1.165) is 83.5 Å². The second kappa shape index (κ2) is 38.6. The van der Waals surface area contributed by atoms with Crippen LogP contribution in [0.4, 0.5) is 0 Å². The molecule has 0 spiro atoms. The molecular formula is C48H81NO7. The zero-order chi connectivity index (χ0) is 41.4. The van der Waals surface area contributed by atoms with Crippen LogP contribution in [-0.4, -0.2) is 75.5 Å². The number of likely N-dealkylation sites (N-methyl/N-ethyl adjacent to an activating group) is 1. The molecule has 0 N–H and O–H groups in total. The van der Waals surface area contributed by atoms with Gasteiger partial charge in [0.25, 0.3) is 0 Å². The van der Waals surface area contributed by atoms with Crippen molar-refractivity contribution < 1.29 is 38.2 Å². The lowest BCUT2D eigenvalue weighted by Crippen LogP contribution is -2.55. The Balaban J connectivity index is 4.45. The molecule has 0 aliphatic carbocycles. The molecule has 0 aliphatic heterocycles. The van der Waals surface area contributed by atoms with Gasteiger partial charge in [0.05, 0.1) is 40.3 Å². The number of quaternary nitrogens is 1. The van der Waals surface area contributed by atoms with Crippen molar-refractivity contribution in [1.82, 2.24) is 0 Å². The summed E-state index contributed by atoms with van der Waals surface area (Å²) in [5.41, 5.74) is 0. The molecule has 2 atom stereocenters. The van der Waals surface area contributed by atoms with E-state index in [1.54, 1.807) is 21.1 Å². The van der Waals surface area contributed by atoms with Gasteiger partial charge in [-0.15, -0.1) is 0 Å². The SMILES string of the molecule is CC/C=C/C/C=C/C/C=C/C/C=C/C/C=C/CCCCCC(=O)OC(COCCC(C(=O)[O-])[N+](C)(C)C)COC(=O)CCCCC/C=C/CCCCCCCC. The van der Waals surface area contributed by atoms with Gasteiger partial charge in [-0.05, 0) is 83.5 Å². The second-order valence-corrected chi connectivity index (χ2v) is 15.5. The summed E-state index contributed by atoms with van der Waals surface area (Å²) in [4.78, 5) is 36.8. The Morgan fingerprint density at radius 1 is 0.554 bits per heavy atom. The number of carboxylic acid groups (broad SMARTS) is 1. The van der Waals surface area contributed by atoms with E-state index in [4.69, 9.17) is 14.2 Å². The molecule has 0 aromatic carbocycles. The third-order valence-corrected chi connectivity index (χ3v) is 9.33. The van der Waals surface area contributed by atoms with Crippen LogP contribution in [0.25, 0.3) is 0 Å². The Bertz CT molecular complexity index is 1140. The van der Waals surface area contributed by atoms with Crippen molar-refractivity contribution in [3.05, 3.63) is 72.9 Å². The summed E-state index contributed by atoms with van der Waals surface area (Å²) in [6, 6.07) is -0.737. The van der Waals surface area contributed by atoms with Crippen molar-refractivity contribution in [2.75, 3.05) is 41.0 Å². The highest BCUT2D eigenvalue weighted by Gasteiger charge is 2.25. The molecule has 8 heteroatoms. The van der Waals surface area contributed by atoms with Crippen molar-refractivity contribution in [3.63, 3.8) is 0 Å². The molecule has 0 rings (SSSR count). The monoisotopic (exact) mass is 784 g/mol. The normalized spacial score (nSPS) is 13.7. The van der Waals surface area contributed by atoms with Gasteiger partial charge in [0.15, 0.2) is 6.10 Å². The Morgan fingerprint density at radius 3 is 1.50 bits per heavy atom. The molecule has 0 saturated heterocycles. The van der Waals surface area contributed by atoms with Crippen molar-refractivity contribution >= 4 is 17.9 Å². The minimum absolute atomic E-state index is 0.0189. The fourth-order valence-electron chi connectivity index (χ4n) is 5.91. The third kappa shape index (κ3) is 36.4. The van der Waals surface area contributed by atoms with Crippen molar-refractivity contribution in [1.29, 1.82) is 0 Å². The van der Waals surface area contributed by atoms with E-state index in [2.05, 4.69) is 86.8 Å². The Labute approximate surface area is 342 Å². The molecular weight excluding hydrogens is 703 g/mol. The number of nitrogens with zero attached hydrogens (tertiary/aromatic N) is 1. The van der Waals surface area contributed by atoms with E-state index >= 15 is 0 Å². The third-order valence-electron chi connectivity index (χ3n) is 9.33. The van der Waals surface area contributed by atoms with E-state index in [9.17, 15) is 19.5 Å². The lowest BCUT2D eigenvalue weighted by atomic mass is 10.1. The number of rotatable bonds is 38. The molecule has 0 aliphatic rings. The molecule has 320 valence electrons. The summed E-state index contributed by atoms with van der Waals surface area (Å²) in [6.07, 6.45) is 47.8. The van der Waals surface area contributed by atoms with Crippen molar-refractivity contribution in [3.8, 4) is 0 Å². The Morgan fingerprint density at radius 2 is 1.00 bits per heavy atom. The maximum absolute atomic E-state index is 12.7. The molecule has 0 aromatic rings. The highest BCUT2D eigenvalue weighted by atomic mass is 16.6. The zero-order valence-electron chi connectivity index (χ0n) is 36.3. The number of ether oxygens (including phenoxy) is 3. The van der Waals surface area contributed by atoms with E-state index in [1.165, 1.54) is 38.5 Å². The van der Waals surface area contributed by atoms with Crippen LogP contribution in [0.5, 0.6) is 0 Å². The first-order valence-electron chi connectivity index (χ1n) is 22.0. The summed E-state index contributed by atoms with van der Waals surface area (Å²) in [5, 5.41) is 11.6. The minimum Gasteiger partial charge on any atom is -0.544 e. The van der Waals surface area contributed by atoms with Crippen LogP contribution in [0.1, 0.15) is 162 Å². The van der Waals surface area contributed by atoms with Crippen LogP contribution in [-0.2, 0) is 28.6 Å². The maximum Gasteiger partial charge on any atom is 0.306 e. The topological polar surface area (TPSA) is 102 Å². The van der Waals surface area contributed by atoms with Gasteiger partial charge in [-0.1, -0.05) is 132 Å². The van der Waals surface area contributed by atoms with Crippen molar-refractivity contribution in [2.45, 2.75) is 174 Å². The molecule has 0 bridgehead atoms. The van der Waals surface area contributed by atoms with Crippen LogP contribution in [0.2, 0.25) is 0 Å². The maximum atomic E-state index is 12.7. The summed E-state index contributed by atoms with van der Waals surface area (Å²) >= 11 is 0. The molecule has 0 heterocycles. The van der Waals surface area contributed by atoms with E-state index < -0.39 is 18.1 Å². The number of hydrogen-bond acceptors (Lipinski definition) is 7. The zero-order valence-corrected chi connectivity index (χ0v) is 36.3. The number of carbonyl (C=O) groups is 3. The predicted molar refractivity (Wildman–Crippen MR) is 231 cm³/mol. The first kappa shape index (κ1) is 52.8. The lowest BCUT2D eigenvalue weighted by Gasteiger charge is -2.34. The number of allylic oxidation sites excluding steroid dienone is 12. The number of carbonyl (C=O) groups excluding carboxylic acids is 3. The van der Waals surface area contributed by atoms with E-state index in [0.29, 0.717) is 12.8 Å². The van der Waals surface area contributed by atoms with Gasteiger partial charge in [-0.2, -0.15) is 0 Å². The van der Waals surface area contributed by atoms with Crippen LogP contribution in [0.15, 0.2) is 72.9 Å². The average molecular weight is 784 g/mol. The standard InChI is InChI=1S/C48H81NO7/c1-6-8-10-12-14-16-18-20-21-22-23-24-25-27-29-31-33-35-37-39-47(51)56-44(42-54-41-40-45(48(52)53)49(3,4)5)43-55-46(50)38-36-34-32-30-28-26-19-17-15-13-11-9-7-2/h8,10,14,16,20-21,23-24,26-29,44-45H,6-7,9,11-13,15,17-19,22,25,30-43H2,1-5H3/b10-8+,16-14+,21-20+,24-23+,28-26+,29-27+. The number of esters is 2. The summed E-state index contributed by atoms with van der Waals surface area (Å²) in [5.74, 6) is -1.81. The first-order chi connectivity index (χ1) is 27.1. The average Bonchev–Trinajstić information content (AvgIpc) is 3.15. The molecule has 56 heavy (non-hydrogen) atoms. The minimum atomic E-state index is -1.14. The van der Waals surface area contributed by atoms with E-state index in [1.807, 2.05) is 0 Å².